The Morgan fingerprint density at radius 1 is 1.36 bits per heavy atom. The van der Waals surface area contributed by atoms with Crippen LogP contribution in [0.1, 0.15) is 9.49 Å². The second kappa shape index (κ2) is 8.16. The standard InChI is InChI=1S/C14H21BIN3O3/c1-18(17)10-13(15(20)21)14(16)11-2-4-12(5-3-11)19-6-8-22-9-7-19/h2-5,10,14,20-21H,6-9,17H2,1H3/b13-10+. The first-order chi connectivity index (χ1) is 10.5. The number of hydrogen-bond acceptors (Lipinski definition) is 6. The number of halogens is 1. The molecule has 0 aliphatic carbocycles. The van der Waals surface area contributed by atoms with Crippen molar-refractivity contribution in [1.29, 1.82) is 0 Å². The summed E-state index contributed by atoms with van der Waals surface area (Å²) < 4.78 is 5.19. The molecule has 2 rings (SSSR count). The van der Waals surface area contributed by atoms with E-state index in [1.165, 1.54) is 11.2 Å². The van der Waals surface area contributed by atoms with Gasteiger partial charge in [0.2, 0.25) is 0 Å². The van der Waals surface area contributed by atoms with E-state index in [2.05, 4.69) is 39.6 Å². The highest BCUT2D eigenvalue weighted by Crippen LogP contribution is 2.33. The van der Waals surface area contributed by atoms with Gasteiger partial charge in [0, 0.05) is 32.0 Å². The largest absolute Gasteiger partial charge is 0.487 e. The van der Waals surface area contributed by atoms with Crippen molar-refractivity contribution in [3.8, 4) is 0 Å². The van der Waals surface area contributed by atoms with Gasteiger partial charge in [-0.2, -0.15) is 0 Å². The number of benzene rings is 1. The number of nitrogens with two attached hydrogens (primary N) is 1. The molecule has 1 heterocycles. The minimum atomic E-state index is -1.54. The van der Waals surface area contributed by atoms with Crippen molar-refractivity contribution in [2.75, 3.05) is 38.3 Å². The van der Waals surface area contributed by atoms with Crippen LogP contribution in [0.25, 0.3) is 0 Å². The molecule has 1 aliphatic heterocycles. The zero-order valence-corrected chi connectivity index (χ0v) is 14.7. The fourth-order valence-electron chi connectivity index (χ4n) is 2.37. The average molecular weight is 417 g/mol. The lowest BCUT2D eigenvalue weighted by atomic mass is 9.76. The van der Waals surface area contributed by atoms with E-state index in [9.17, 15) is 10.0 Å². The topological polar surface area (TPSA) is 82.2 Å². The van der Waals surface area contributed by atoms with E-state index < -0.39 is 7.12 Å². The number of hydrogen-bond donors (Lipinski definition) is 3. The monoisotopic (exact) mass is 417 g/mol. The highest BCUT2D eigenvalue weighted by atomic mass is 127. The zero-order valence-electron chi connectivity index (χ0n) is 12.5. The van der Waals surface area contributed by atoms with Crippen molar-refractivity contribution in [3.05, 3.63) is 41.5 Å². The van der Waals surface area contributed by atoms with Crippen molar-refractivity contribution in [2.45, 2.75) is 3.92 Å². The third kappa shape index (κ3) is 4.59. The van der Waals surface area contributed by atoms with Gasteiger partial charge in [0.05, 0.1) is 17.1 Å². The second-order valence-electron chi connectivity index (χ2n) is 5.22. The Hall–Kier alpha value is -0.805. The second-order valence-corrected chi connectivity index (χ2v) is 6.47. The molecule has 1 aromatic rings. The van der Waals surface area contributed by atoms with Crippen LogP contribution in [-0.2, 0) is 4.74 Å². The molecule has 0 bridgehead atoms. The Morgan fingerprint density at radius 3 is 2.45 bits per heavy atom. The summed E-state index contributed by atoms with van der Waals surface area (Å²) in [5.41, 5.74) is 2.60. The van der Waals surface area contributed by atoms with Gasteiger partial charge in [-0.3, -0.25) is 0 Å². The summed E-state index contributed by atoms with van der Waals surface area (Å²) in [5.74, 6) is 5.58. The number of allylic oxidation sites excluding steroid dienone is 1. The average Bonchev–Trinajstić information content (AvgIpc) is 2.52. The number of rotatable bonds is 5. The minimum Gasteiger partial charge on any atom is -0.423 e. The van der Waals surface area contributed by atoms with E-state index in [0.29, 0.717) is 5.47 Å². The molecule has 8 heteroatoms. The molecule has 1 fully saturated rings. The van der Waals surface area contributed by atoms with Crippen LogP contribution < -0.4 is 10.7 Å². The highest BCUT2D eigenvalue weighted by molar-refractivity contribution is 14.1. The van der Waals surface area contributed by atoms with E-state index >= 15 is 0 Å². The Labute approximate surface area is 144 Å². The van der Waals surface area contributed by atoms with Gasteiger partial charge in [0.1, 0.15) is 0 Å². The molecule has 0 saturated carbocycles. The molecule has 0 spiro atoms. The first kappa shape index (κ1) is 17.5. The summed E-state index contributed by atoms with van der Waals surface area (Å²) in [6.45, 7) is 3.29. The fraction of sp³-hybridized carbons (Fsp3) is 0.429. The molecule has 1 unspecified atom stereocenters. The zero-order chi connectivity index (χ0) is 16.1. The summed E-state index contributed by atoms with van der Waals surface area (Å²) >= 11 is 2.18. The van der Waals surface area contributed by atoms with Crippen molar-refractivity contribution < 1.29 is 14.8 Å². The normalized spacial score (nSPS) is 17.3. The van der Waals surface area contributed by atoms with Gasteiger partial charge in [-0.05, 0) is 23.2 Å². The predicted molar refractivity (Wildman–Crippen MR) is 96.5 cm³/mol. The van der Waals surface area contributed by atoms with Crippen LogP contribution in [0.3, 0.4) is 0 Å². The van der Waals surface area contributed by atoms with Crippen LogP contribution in [0, 0.1) is 0 Å². The Bertz CT molecular complexity index is 505. The fourth-order valence-corrected chi connectivity index (χ4v) is 3.26. The van der Waals surface area contributed by atoms with Crippen LogP contribution in [0.4, 0.5) is 5.69 Å². The smallest absolute Gasteiger partial charge is 0.423 e. The van der Waals surface area contributed by atoms with Gasteiger partial charge >= 0.3 is 7.12 Å². The maximum atomic E-state index is 9.53. The van der Waals surface area contributed by atoms with E-state index in [-0.39, 0.29) is 3.92 Å². The molecule has 4 N–H and O–H groups in total. The third-order valence-electron chi connectivity index (χ3n) is 3.51. The van der Waals surface area contributed by atoms with Crippen LogP contribution in [0.15, 0.2) is 35.9 Å². The molecular formula is C14H21BIN3O3. The first-order valence-corrected chi connectivity index (χ1v) is 8.35. The summed E-state index contributed by atoms with van der Waals surface area (Å²) in [7, 11) is 0.111. The van der Waals surface area contributed by atoms with E-state index in [4.69, 9.17) is 10.6 Å². The van der Waals surface area contributed by atoms with Crippen molar-refractivity contribution in [1.82, 2.24) is 5.01 Å². The maximum absolute atomic E-state index is 9.53. The summed E-state index contributed by atoms with van der Waals surface area (Å²) in [4.78, 5) is 2.28. The third-order valence-corrected chi connectivity index (χ3v) is 4.94. The Kier molecular flexibility index (Phi) is 6.51. The van der Waals surface area contributed by atoms with Crippen LogP contribution in [0.5, 0.6) is 0 Å². The van der Waals surface area contributed by atoms with Gasteiger partial charge in [-0.15, -0.1) is 0 Å². The lowest BCUT2D eigenvalue weighted by Crippen LogP contribution is -2.36. The van der Waals surface area contributed by atoms with Crippen LogP contribution in [0.2, 0.25) is 0 Å². The summed E-state index contributed by atoms with van der Waals surface area (Å²) in [5, 5.41) is 20.4. The molecule has 1 aliphatic rings. The van der Waals surface area contributed by atoms with Crippen molar-refractivity contribution >= 4 is 35.4 Å². The quantitative estimate of drug-likeness (QED) is 0.215. The van der Waals surface area contributed by atoms with Crippen molar-refractivity contribution in [2.24, 2.45) is 5.84 Å². The van der Waals surface area contributed by atoms with E-state index in [1.807, 2.05) is 12.1 Å². The summed E-state index contributed by atoms with van der Waals surface area (Å²) in [6.07, 6.45) is 1.54. The Morgan fingerprint density at radius 2 is 1.95 bits per heavy atom. The van der Waals surface area contributed by atoms with E-state index in [0.717, 1.165) is 37.6 Å². The molecule has 22 heavy (non-hydrogen) atoms. The molecule has 0 aromatic heterocycles. The Balaban J connectivity index is 2.14. The number of ether oxygens (including phenoxy) is 1. The molecule has 120 valence electrons. The number of anilines is 1. The molecule has 6 nitrogen and oxygen atoms in total. The predicted octanol–water partition coefficient (Wildman–Crippen LogP) is 0.701. The van der Waals surface area contributed by atoms with Gasteiger partial charge < -0.3 is 24.7 Å². The van der Waals surface area contributed by atoms with E-state index in [1.54, 1.807) is 7.05 Å². The van der Waals surface area contributed by atoms with Gasteiger partial charge in [-0.25, -0.2) is 5.84 Å². The molecule has 1 saturated heterocycles. The lowest BCUT2D eigenvalue weighted by molar-refractivity contribution is 0.122. The number of nitrogens with zero attached hydrogens (tertiary/aromatic N) is 2. The molecular weight excluding hydrogens is 396 g/mol. The molecule has 0 amide bonds. The minimum absolute atomic E-state index is 0.165. The molecule has 1 atom stereocenters. The number of alkyl halides is 1. The number of morpholine rings is 1. The van der Waals surface area contributed by atoms with Gasteiger partial charge in [0.25, 0.3) is 0 Å². The van der Waals surface area contributed by atoms with Crippen LogP contribution >= 0.6 is 22.6 Å². The molecule has 0 radical (unpaired) electrons. The highest BCUT2D eigenvalue weighted by Gasteiger charge is 2.24. The van der Waals surface area contributed by atoms with Crippen molar-refractivity contribution in [3.63, 3.8) is 0 Å². The first-order valence-electron chi connectivity index (χ1n) is 7.11. The molecule has 1 aromatic carbocycles. The van der Waals surface area contributed by atoms with Gasteiger partial charge in [0.15, 0.2) is 0 Å². The van der Waals surface area contributed by atoms with Crippen LogP contribution in [-0.4, -0.2) is 55.5 Å². The SMILES string of the molecule is CN(N)/C=C(/B(O)O)C(I)c1ccc(N2CCOCC2)cc1. The number of hydrazine groups is 1. The maximum Gasteiger partial charge on any atom is 0.487 e. The summed E-state index contributed by atoms with van der Waals surface area (Å²) in [6, 6.07) is 8.13. The van der Waals surface area contributed by atoms with Gasteiger partial charge in [-0.1, -0.05) is 34.7 Å². The lowest BCUT2D eigenvalue weighted by Gasteiger charge is -2.29.